The van der Waals surface area contributed by atoms with Gasteiger partial charge in [-0.05, 0) is 17.4 Å². The average molecular weight is 293 g/mol. The van der Waals surface area contributed by atoms with Crippen LogP contribution in [0.4, 0.5) is 5.88 Å². The molecule has 6 nitrogen and oxygen atoms in total. The van der Waals surface area contributed by atoms with Gasteiger partial charge in [-0.2, -0.15) is 11.3 Å². The van der Waals surface area contributed by atoms with Crippen LogP contribution in [0.25, 0.3) is 11.3 Å². The van der Waals surface area contributed by atoms with Crippen LogP contribution in [0, 0.1) is 5.92 Å². The molecule has 0 aliphatic carbocycles. The number of nitrogens with two attached hydrogens (primary N) is 1. The monoisotopic (exact) mass is 293 g/mol. The summed E-state index contributed by atoms with van der Waals surface area (Å²) in [6, 6.07) is 1.80. The first kappa shape index (κ1) is 14.3. The Labute approximate surface area is 119 Å². The number of anilines is 1. The third-order valence-electron chi connectivity index (χ3n) is 2.58. The molecule has 3 N–H and O–H groups in total. The molecule has 0 saturated carbocycles. The van der Waals surface area contributed by atoms with Crippen molar-refractivity contribution in [1.82, 2.24) is 5.16 Å². The zero-order valence-corrected chi connectivity index (χ0v) is 12.0. The molecule has 7 heteroatoms. The summed E-state index contributed by atoms with van der Waals surface area (Å²) in [5.74, 6) is -0.724. The van der Waals surface area contributed by atoms with Crippen molar-refractivity contribution >= 4 is 29.0 Å². The van der Waals surface area contributed by atoms with E-state index in [4.69, 9.17) is 10.3 Å². The Bertz CT molecular complexity index is 617. The summed E-state index contributed by atoms with van der Waals surface area (Å²) < 4.78 is 5.05. The minimum Gasteiger partial charge on any atom is -0.365 e. The van der Waals surface area contributed by atoms with E-state index < -0.39 is 5.91 Å². The second-order valence-corrected chi connectivity index (χ2v) is 5.54. The topological polar surface area (TPSA) is 98.2 Å². The highest BCUT2D eigenvalue weighted by molar-refractivity contribution is 7.08. The van der Waals surface area contributed by atoms with Gasteiger partial charge in [-0.1, -0.05) is 19.0 Å². The highest BCUT2D eigenvalue weighted by Crippen LogP contribution is 2.30. The number of hydrogen-bond acceptors (Lipinski definition) is 5. The van der Waals surface area contributed by atoms with Gasteiger partial charge in [0.15, 0.2) is 0 Å². The lowest BCUT2D eigenvalue weighted by atomic mass is 10.1. The summed E-state index contributed by atoms with van der Waals surface area (Å²) in [6.07, 6.45) is 0.326. The Kier molecular flexibility index (Phi) is 4.19. The number of primary amides is 1. The number of carbonyl (C=O) groups is 2. The fourth-order valence-corrected chi connectivity index (χ4v) is 2.39. The maximum Gasteiger partial charge on any atom is 0.256 e. The van der Waals surface area contributed by atoms with Gasteiger partial charge in [-0.15, -0.1) is 0 Å². The Morgan fingerprint density at radius 3 is 2.80 bits per heavy atom. The van der Waals surface area contributed by atoms with E-state index in [0.717, 1.165) is 5.56 Å². The van der Waals surface area contributed by atoms with Crippen molar-refractivity contribution in [3.05, 3.63) is 22.4 Å². The predicted octanol–water partition coefficient (Wildman–Crippen LogP) is 2.49. The molecule has 0 aliphatic rings. The quantitative estimate of drug-likeness (QED) is 0.884. The fourth-order valence-electron chi connectivity index (χ4n) is 1.75. The highest BCUT2D eigenvalue weighted by Gasteiger charge is 2.23. The number of carbonyl (C=O) groups excluding carboxylic acids is 2. The van der Waals surface area contributed by atoms with Gasteiger partial charge in [-0.3, -0.25) is 14.9 Å². The second kappa shape index (κ2) is 5.87. The Hall–Kier alpha value is -2.15. The van der Waals surface area contributed by atoms with Crippen molar-refractivity contribution in [3.8, 4) is 11.3 Å². The molecule has 0 bridgehead atoms. The van der Waals surface area contributed by atoms with E-state index in [-0.39, 0.29) is 23.3 Å². The number of nitrogens with one attached hydrogen (secondary N) is 1. The van der Waals surface area contributed by atoms with Gasteiger partial charge in [0, 0.05) is 17.4 Å². The van der Waals surface area contributed by atoms with Gasteiger partial charge < -0.3 is 10.3 Å². The van der Waals surface area contributed by atoms with E-state index in [9.17, 15) is 9.59 Å². The molecular formula is C13H15N3O3S. The number of thiophene rings is 1. The molecule has 0 aromatic carbocycles. The van der Waals surface area contributed by atoms with Crippen LogP contribution in [0.1, 0.15) is 30.6 Å². The van der Waals surface area contributed by atoms with Gasteiger partial charge in [0.25, 0.3) is 5.91 Å². The molecule has 106 valence electrons. The summed E-state index contributed by atoms with van der Waals surface area (Å²) in [6.45, 7) is 3.84. The van der Waals surface area contributed by atoms with E-state index in [2.05, 4.69) is 10.5 Å². The van der Waals surface area contributed by atoms with Crippen molar-refractivity contribution in [1.29, 1.82) is 0 Å². The van der Waals surface area contributed by atoms with Gasteiger partial charge in [0.05, 0.1) is 0 Å². The van der Waals surface area contributed by atoms with Crippen molar-refractivity contribution in [2.24, 2.45) is 11.7 Å². The maximum atomic E-state index is 11.7. The first-order valence-electron chi connectivity index (χ1n) is 6.11. The van der Waals surface area contributed by atoms with E-state index in [1.165, 1.54) is 11.3 Å². The molecule has 2 heterocycles. The molecule has 0 unspecified atom stereocenters. The minimum absolute atomic E-state index is 0.00403. The molecule has 0 radical (unpaired) electrons. The molecular weight excluding hydrogens is 278 g/mol. The number of nitrogens with zero attached hydrogens (tertiary/aromatic N) is 1. The molecule has 0 fully saturated rings. The highest BCUT2D eigenvalue weighted by atomic mass is 32.1. The Balaban J connectivity index is 2.31. The number of rotatable bonds is 5. The van der Waals surface area contributed by atoms with Crippen LogP contribution in [0.3, 0.4) is 0 Å². The SMILES string of the molecule is CC(C)CC(=O)Nc1onc(-c2ccsc2)c1C(N)=O. The van der Waals surface area contributed by atoms with Gasteiger partial charge >= 0.3 is 0 Å². The molecule has 0 aliphatic heterocycles. The van der Waals surface area contributed by atoms with Crippen LogP contribution < -0.4 is 11.1 Å². The Morgan fingerprint density at radius 1 is 1.50 bits per heavy atom. The zero-order valence-electron chi connectivity index (χ0n) is 11.2. The maximum absolute atomic E-state index is 11.7. The van der Waals surface area contributed by atoms with Crippen LogP contribution >= 0.6 is 11.3 Å². The van der Waals surface area contributed by atoms with Gasteiger partial charge in [-0.25, -0.2) is 0 Å². The van der Waals surface area contributed by atoms with Gasteiger partial charge in [0.2, 0.25) is 11.8 Å². The first-order valence-corrected chi connectivity index (χ1v) is 7.05. The summed E-state index contributed by atoms with van der Waals surface area (Å²) >= 11 is 1.47. The van der Waals surface area contributed by atoms with E-state index in [1.54, 1.807) is 6.07 Å². The van der Waals surface area contributed by atoms with Crippen molar-refractivity contribution in [2.45, 2.75) is 20.3 Å². The second-order valence-electron chi connectivity index (χ2n) is 4.76. The van der Waals surface area contributed by atoms with Crippen molar-refractivity contribution in [3.63, 3.8) is 0 Å². The molecule has 0 saturated heterocycles. The number of amides is 2. The van der Waals surface area contributed by atoms with Crippen LogP contribution in [0.15, 0.2) is 21.3 Å². The van der Waals surface area contributed by atoms with Crippen LogP contribution in [0.2, 0.25) is 0 Å². The van der Waals surface area contributed by atoms with Crippen LogP contribution in [-0.4, -0.2) is 17.0 Å². The van der Waals surface area contributed by atoms with E-state index >= 15 is 0 Å². The molecule has 2 aromatic rings. The largest absolute Gasteiger partial charge is 0.365 e. The summed E-state index contributed by atoms with van der Waals surface area (Å²) in [5, 5.41) is 10.0. The average Bonchev–Trinajstić information content (AvgIpc) is 2.94. The van der Waals surface area contributed by atoms with Gasteiger partial charge in [0.1, 0.15) is 11.3 Å². The fraction of sp³-hybridized carbons (Fsp3) is 0.308. The zero-order chi connectivity index (χ0) is 14.7. The molecule has 2 aromatic heterocycles. The van der Waals surface area contributed by atoms with Crippen molar-refractivity contribution < 1.29 is 14.1 Å². The lowest BCUT2D eigenvalue weighted by Crippen LogP contribution is -2.18. The molecule has 2 rings (SSSR count). The molecule has 0 spiro atoms. The molecule has 2 amide bonds. The standard InChI is InChI=1S/C13H15N3O3S/c1-7(2)5-9(17)15-13-10(12(14)18)11(16-19-13)8-3-4-20-6-8/h3-4,6-7H,5H2,1-2H3,(H2,14,18)(H,15,17). The van der Waals surface area contributed by atoms with Crippen LogP contribution in [-0.2, 0) is 4.79 Å². The number of hydrogen-bond donors (Lipinski definition) is 2. The third kappa shape index (κ3) is 3.05. The Morgan fingerprint density at radius 2 is 2.25 bits per heavy atom. The van der Waals surface area contributed by atoms with E-state index in [0.29, 0.717) is 12.1 Å². The summed E-state index contributed by atoms with van der Waals surface area (Å²) in [7, 11) is 0. The lowest BCUT2D eigenvalue weighted by molar-refractivity contribution is -0.117. The van der Waals surface area contributed by atoms with E-state index in [1.807, 2.05) is 24.6 Å². The number of aromatic nitrogens is 1. The first-order chi connectivity index (χ1) is 9.49. The molecule has 20 heavy (non-hydrogen) atoms. The summed E-state index contributed by atoms with van der Waals surface area (Å²) in [5.41, 5.74) is 6.53. The lowest BCUT2D eigenvalue weighted by Gasteiger charge is -2.04. The smallest absolute Gasteiger partial charge is 0.256 e. The predicted molar refractivity (Wildman–Crippen MR) is 76.4 cm³/mol. The van der Waals surface area contributed by atoms with Crippen molar-refractivity contribution in [2.75, 3.05) is 5.32 Å². The minimum atomic E-state index is -0.688. The normalized spacial score (nSPS) is 10.8. The van der Waals surface area contributed by atoms with Crippen LogP contribution in [0.5, 0.6) is 0 Å². The third-order valence-corrected chi connectivity index (χ3v) is 3.26. The molecule has 0 atom stereocenters. The summed E-state index contributed by atoms with van der Waals surface area (Å²) in [4.78, 5) is 23.3.